The van der Waals surface area contributed by atoms with E-state index in [9.17, 15) is 57.5 Å². The molecule has 24 nitrogen and oxygen atoms in total. The second-order valence-electron chi connectivity index (χ2n) is 27.4. The summed E-state index contributed by atoms with van der Waals surface area (Å²) in [5, 5.41) is 0. The number of rotatable bonds is 68. The average Bonchev–Trinajstić information content (AvgIpc) is 0.967. The molecule has 0 bridgehead atoms. The van der Waals surface area contributed by atoms with E-state index in [2.05, 4.69) is 41.5 Å². The lowest BCUT2D eigenvalue weighted by atomic mass is 10.1. The molecule has 2 unspecified atom stereocenters. The quantitative estimate of drug-likeness (QED) is 0.0310. The summed E-state index contributed by atoms with van der Waals surface area (Å²) in [5.41, 5.74) is 0. The number of unbranched alkanes of at least 4 members (excludes halogenated alkanes) is 24. The van der Waals surface area contributed by atoms with E-state index >= 15 is 0 Å². The summed E-state index contributed by atoms with van der Waals surface area (Å²) in [6, 6.07) is 0. The van der Waals surface area contributed by atoms with Gasteiger partial charge in [0.05, 0.1) is 0 Å². The number of hydrogen-bond donors (Lipinski definition) is 0. The Kier molecular flexibility index (Phi) is 83.1. The van der Waals surface area contributed by atoms with Gasteiger partial charge in [0.1, 0.15) is 52.9 Å². The summed E-state index contributed by atoms with van der Waals surface area (Å²) >= 11 is 0. The van der Waals surface area contributed by atoms with E-state index in [4.69, 9.17) is 56.8 Å². The minimum atomic E-state index is -0.748. The normalized spacial score (nSPS) is 11.2. The van der Waals surface area contributed by atoms with Crippen LogP contribution in [0.1, 0.15) is 391 Å². The van der Waals surface area contributed by atoms with Crippen molar-refractivity contribution in [2.45, 2.75) is 416 Å². The third kappa shape index (κ3) is 80.6. The van der Waals surface area contributed by atoms with Crippen molar-refractivity contribution in [3.05, 3.63) is 0 Å². The Bertz CT molecular complexity index is 2190. The van der Waals surface area contributed by atoms with Crippen LogP contribution in [0.3, 0.4) is 0 Å². The summed E-state index contributed by atoms with van der Waals surface area (Å²) in [6.07, 6.45) is 36.4. The van der Waals surface area contributed by atoms with Gasteiger partial charge < -0.3 is 56.8 Å². The van der Waals surface area contributed by atoms with Crippen molar-refractivity contribution < 1.29 is 114 Å². The minimum absolute atomic E-state index is 0.0746. The largest absolute Gasteiger partial charge is 0.462 e. The summed E-state index contributed by atoms with van der Waals surface area (Å²) in [5.74, 6) is -4.04. The monoisotopic (exact) mass is 1550 g/mol. The molecule has 0 spiro atoms. The molecule has 0 fully saturated rings. The molecule has 108 heavy (non-hydrogen) atoms. The summed E-state index contributed by atoms with van der Waals surface area (Å²) in [4.78, 5) is 141. The van der Waals surface area contributed by atoms with E-state index in [0.29, 0.717) is 103 Å². The van der Waals surface area contributed by atoms with Crippen LogP contribution in [-0.2, 0) is 114 Å². The highest BCUT2D eigenvalue weighted by Gasteiger charge is 2.24. The van der Waals surface area contributed by atoms with Crippen molar-refractivity contribution in [3.63, 3.8) is 0 Å². The van der Waals surface area contributed by atoms with Crippen LogP contribution >= 0.6 is 0 Å². The van der Waals surface area contributed by atoms with Gasteiger partial charge in [-0.3, -0.25) is 57.5 Å². The number of carbonyl (C=O) groups is 12. The zero-order valence-corrected chi connectivity index (χ0v) is 69.7. The molecule has 0 aliphatic heterocycles. The van der Waals surface area contributed by atoms with Crippen LogP contribution in [0.4, 0.5) is 0 Å². The van der Waals surface area contributed by atoms with E-state index in [1.54, 1.807) is 0 Å². The molecule has 0 aromatic carbocycles. The lowest BCUT2D eigenvalue weighted by molar-refractivity contribution is -0.167. The van der Waals surface area contributed by atoms with Crippen molar-refractivity contribution >= 4 is 71.6 Å². The molecule has 0 radical (unpaired) electrons. The Hall–Kier alpha value is -6.36. The van der Waals surface area contributed by atoms with E-state index in [-0.39, 0.29) is 137 Å². The SMILES string of the molecule is CCCCCCCC(=O)OC(COC(=O)CCC)COC(=O)CCC.CCCCCCCC(=O)OCC(COC(=O)CCC)OC(=O)CCC.CCCCCCCC(=O)OCC(COC(=O)CCC)OC(=O)CCCCCCC.CCCCCCCC(=O)OCC(COC(=O)CCCCCCC)OC(=O)CCC. The highest BCUT2D eigenvalue weighted by atomic mass is 16.6. The maximum atomic E-state index is 12.1. The molecule has 0 heterocycles. The zero-order valence-electron chi connectivity index (χ0n) is 69.7. The summed E-state index contributed by atoms with van der Waals surface area (Å²) in [7, 11) is 0. The van der Waals surface area contributed by atoms with E-state index in [1.807, 2.05) is 41.5 Å². The molecule has 0 rings (SSSR count). The molecule has 0 saturated carbocycles. The van der Waals surface area contributed by atoms with Gasteiger partial charge in [0, 0.05) is 77.0 Å². The highest BCUT2D eigenvalue weighted by molar-refractivity contribution is 5.74. The van der Waals surface area contributed by atoms with Gasteiger partial charge in [0.25, 0.3) is 0 Å². The number of ether oxygens (including phenoxy) is 12. The Morgan fingerprint density at radius 3 is 0.417 bits per heavy atom. The first-order valence-corrected chi connectivity index (χ1v) is 42.1. The van der Waals surface area contributed by atoms with Crippen molar-refractivity contribution in [2.24, 2.45) is 0 Å². The first-order valence-electron chi connectivity index (χ1n) is 42.1. The van der Waals surface area contributed by atoms with Crippen LogP contribution in [-0.4, -0.2) is 149 Å². The first kappa shape index (κ1) is 108. The van der Waals surface area contributed by atoms with Crippen molar-refractivity contribution in [1.82, 2.24) is 0 Å². The standard InChI is InChI=1S/2C23H42O6.2C19H34O6/c1-4-7-9-11-13-16-21(24)27-18-20(29-23(26)15-6-3)19-28-22(25)17-14-12-10-8-5-2;1-4-7-9-11-13-16-22(25)28-19-20(18-27-21(24)15-6-3)29-23(26)17-14-12-10-8-5-2;1-4-7-8-9-10-13-18(21)24-15-16(25-19(22)12-6-3)14-23-17(20)11-5-2;1-4-7-8-9-10-13-19(22)25-16(14-23-17(20)11-5-2)15-24-18(21)12-6-3/h2*20H,4-19H2,1-3H3;2*16H,4-15H2,1-3H3. The molecule has 2 atom stereocenters. The van der Waals surface area contributed by atoms with Crippen LogP contribution in [0.5, 0.6) is 0 Å². The van der Waals surface area contributed by atoms with Gasteiger partial charge in [-0.15, -0.1) is 0 Å². The van der Waals surface area contributed by atoms with Crippen molar-refractivity contribution in [3.8, 4) is 0 Å². The van der Waals surface area contributed by atoms with E-state index in [1.165, 1.54) is 38.5 Å². The lowest BCUT2D eigenvalue weighted by Crippen LogP contribution is -2.30. The van der Waals surface area contributed by atoms with Gasteiger partial charge >= 0.3 is 71.6 Å². The second-order valence-corrected chi connectivity index (χ2v) is 27.4. The molecule has 0 aromatic rings. The topological polar surface area (TPSA) is 316 Å². The third-order valence-corrected chi connectivity index (χ3v) is 16.3. The van der Waals surface area contributed by atoms with E-state index in [0.717, 1.165) is 154 Å². The molecule has 0 N–H and O–H groups in total. The fraction of sp³-hybridized carbons (Fsp3) is 0.857. The first-order chi connectivity index (χ1) is 52.1. The number of carbonyl (C=O) groups excluding carboxylic acids is 12. The van der Waals surface area contributed by atoms with Gasteiger partial charge in [-0.2, -0.15) is 0 Å². The molecule has 0 aliphatic carbocycles. The molecule has 0 amide bonds. The maximum absolute atomic E-state index is 12.1. The Labute approximate surface area is 651 Å². The van der Waals surface area contributed by atoms with Gasteiger partial charge in [-0.05, 0) is 77.0 Å². The van der Waals surface area contributed by atoms with Gasteiger partial charge in [-0.25, -0.2) is 0 Å². The maximum Gasteiger partial charge on any atom is 0.306 e. The Balaban J connectivity index is -0.000000669. The van der Waals surface area contributed by atoms with Crippen molar-refractivity contribution in [1.29, 1.82) is 0 Å². The molecule has 24 heteroatoms. The molecule has 0 saturated heterocycles. The predicted octanol–water partition coefficient (Wildman–Crippen LogP) is 18.9. The molecule has 0 aromatic heterocycles. The molecular weight excluding hydrogens is 1390 g/mol. The van der Waals surface area contributed by atoms with Crippen LogP contribution in [0.2, 0.25) is 0 Å². The summed E-state index contributed by atoms with van der Waals surface area (Å²) in [6.45, 7) is 23.5. The van der Waals surface area contributed by atoms with Crippen LogP contribution in [0, 0.1) is 0 Å². The number of esters is 12. The van der Waals surface area contributed by atoms with Gasteiger partial charge in [-0.1, -0.05) is 237 Å². The molecular formula is C84H152O24. The van der Waals surface area contributed by atoms with Crippen LogP contribution in [0.25, 0.3) is 0 Å². The molecule has 632 valence electrons. The number of hydrogen-bond acceptors (Lipinski definition) is 24. The third-order valence-electron chi connectivity index (χ3n) is 16.3. The molecule has 0 aliphatic rings. The Morgan fingerprint density at radius 1 is 0.148 bits per heavy atom. The summed E-state index contributed by atoms with van der Waals surface area (Å²) < 4.78 is 62.6. The highest BCUT2D eigenvalue weighted by Crippen LogP contribution is 2.15. The van der Waals surface area contributed by atoms with Gasteiger partial charge in [0.15, 0.2) is 24.4 Å². The van der Waals surface area contributed by atoms with E-state index < -0.39 is 24.4 Å². The second kappa shape index (κ2) is 83.1. The van der Waals surface area contributed by atoms with Gasteiger partial charge in [0.2, 0.25) is 0 Å². The fourth-order valence-electron chi connectivity index (χ4n) is 9.97. The minimum Gasteiger partial charge on any atom is -0.462 e. The van der Waals surface area contributed by atoms with Crippen LogP contribution < -0.4 is 0 Å². The lowest BCUT2D eigenvalue weighted by Gasteiger charge is -2.18. The zero-order chi connectivity index (χ0) is 81.3. The Morgan fingerprint density at radius 2 is 0.269 bits per heavy atom. The van der Waals surface area contributed by atoms with Crippen molar-refractivity contribution in [2.75, 3.05) is 52.9 Å². The fourth-order valence-corrected chi connectivity index (χ4v) is 9.97. The predicted molar refractivity (Wildman–Crippen MR) is 417 cm³/mol. The van der Waals surface area contributed by atoms with Crippen LogP contribution in [0.15, 0.2) is 0 Å². The smallest absolute Gasteiger partial charge is 0.306 e. The average molecular weight is 1550 g/mol.